The van der Waals surface area contributed by atoms with Gasteiger partial charge in [0.1, 0.15) is 0 Å². The third kappa shape index (κ3) is 4.33. The van der Waals surface area contributed by atoms with E-state index in [0.29, 0.717) is 24.5 Å². The Bertz CT molecular complexity index is 477. The summed E-state index contributed by atoms with van der Waals surface area (Å²) in [6.07, 6.45) is 4.46. The SMILES string of the molecule is O=S(=O)(CCCCCO)Cc1csc(C2CC2)n1. The van der Waals surface area contributed by atoms with Gasteiger partial charge in [-0.05, 0) is 25.7 Å². The molecule has 0 unspecified atom stereocenters. The molecule has 0 amide bonds. The highest BCUT2D eigenvalue weighted by molar-refractivity contribution is 7.90. The lowest BCUT2D eigenvalue weighted by Crippen LogP contribution is -2.10. The number of unbranched alkanes of at least 4 members (excludes halogenated alkanes) is 2. The molecule has 0 aliphatic heterocycles. The second kappa shape index (κ2) is 6.12. The Balaban J connectivity index is 1.82. The van der Waals surface area contributed by atoms with Crippen molar-refractivity contribution in [3.63, 3.8) is 0 Å². The van der Waals surface area contributed by atoms with E-state index in [1.165, 1.54) is 12.8 Å². The zero-order valence-electron chi connectivity index (χ0n) is 10.3. The van der Waals surface area contributed by atoms with Crippen molar-refractivity contribution in [2.24, 2.45) is 0 Å². The van der Waals surface area contributed by atoms with E-state index >= 15 is 0 Å². The molecule has 6 heteroatoms. The van der Waals surface area contributed by atoms with E-state index < -0.39 is 9.84 Å². The average Bonchev–Trinajstić information content (AvgIpc) is 3.07. The molecule has 0 bridgehead atoms. The standard InChI is InChI=1S/C12H19NO3S2/c14-6-2-1-3-7-18(15,16)9-11-8-17-12(13-11)10-4-5-10/h8,10,14H,1-7,9H2. The molecule has 1 saturated carbocycles. The molecule has 1 aromatic rings. The molecule has 18 heavy (non-hydrogen) atoms. The number of aliphatic hydroxyl groups is 1. The van der Waals surface area contributed by atoms with E-state index in [1.54, 1.807) is 11.3 Å². The van der Waals surface area contributed by atoms with Crippen LogP contribution in [0.15, 0.2) is 5.38 Å². The fraction of sp³-hybridized carbons (Fsp3) is 0.750. The van der Waals surface area contributed by atoms with Crippen LogP contribution in [0.2, 0.25) is 0 Å². The van der Waals surface area contributed by atoms with Crippen molar-refractivity contribution in [3.05, 3.63) is 16.1 Å². The minimum absolute atomic E-state index is 0.0648. The van der Waals surface area contributed by atoms with E-state index in [2.05, 4.69) is 4.98 Å². The fourth-order valence-electron chi connectivity index (χ4n) is 1.81. The summed E-state index contributed by atoms with van der Waals surface area (Å²) in [6.45, 7) is 0.136. The molecule has 4 nitrogen and oxygen atoms in total. The first-order valence-corrected chi connectivity index (χ1v) is 9.06. The van der Waals surface area contributed by atoms with Crippen molar-refractivity contribution in [1.29, 1.82) is 0 Å². The van der Waals surface area contributed by atoms with Crippen LogP contribution < -0.4 is 0 Å². The van der Waals surface area contributed by atoms with Crippen LogP contribution in [0.25, 0.3) is 0 Å². The van der Waals surface area contributed by atoms with Crippen LogP contribution in [-0.4, -0.2) is 30.9 Å². The van der Waals surface area contributed by atoms with Gasteiger partial charge < -0.3 is 5.11 Å². The molecular formula is C12H19NO3S2. The third-order valence-electron chi connectivity index (χ3n) is 2.98. The van der Waals surface area contributed by atoms with Crippen molar-refractivity contribution in [2.45, 2.75) is 43.8 Å². The van der Waals surface area contributed by atoms with Gasteiger partial charge in [-0.15, -0.1) is 11.3 Å². The van der Waals surface area contributed by atoms with Gasteiger partial charge in [0.25, 0.3) is 0 Å². The molecule has 0 saturated heterocycles. The van der Waals surface area contributed by atoms with Gasteiger partial charge >= 0.3 is 0 Å². The predicted octanol–water partition coefficient (Wildman–Crippen LogP) is 2.10. The Morgan fingerprint density at radius 1 is 1.33 bits per heavy atom. The van der Waals surface area contributed by atoms with Gasteiger partial charge in [-0.1, -0.05) is 6.42 Å². The highest BCUT2D eigenvalue weighted by atomic mass is 32.2. The van der Waals surface area contributed by atoms with Gasteiger partial charge in [0.05, 0.1) is 22.2 Å². The Kier molecular flexibility index (Phi) is 4.75. The Morgan fingerprint density at radius 2 is 2.11 bits per heavy atom. The number of nitrogens with zero attached hydrogens (tertiary/aromatic N) is 1. The number of sulfone groups is 1. The maximum atomic E-state index is 11.9. The molecule has 1 aromatic heterocycles. The zero-order chi connectivity index (χ0) is 13.0. The summed E-state index contributed by atoms with van der Waals surface area (Å²) in [5.74, 6) is 0.856. The summed E-state index contributed by atoms with van der Waals surface area (Å²) in [4.78, 5) is 4.40. The summed E-state index contributed by atoms with van der Waals surface area (Å²) in [5.41, 5.74) is 0.698. The quantitative estimate of drug-likeness (QED) is 0.744. The number of thiazole rings is 1. The maximum Gasteiger partial charge on any atom is 0.156 e. The lowest BCUT2D eigenvalue weighted by molar-refractivity contribution is 0.284. The maximum absolute atomic E-state index is 11.9. The minimum Gasteiger partial charge on any atom is -0.396 e. The van der Waals surface area contributed by atoms with E-state index in [1.807, 2.05) is 5.38 Å². The lowest BCUT2D eigenvalue weighted by Gasteiger charge is -2.01. The van der Waals surface area contributed by atoms with Crippen LogP contribution in [0.3, 0.4) is 0 Å². The van der Waals surface area contributed by atoms with Crippen molar-refractivity contribution in [2.75, 3.05) is 12.4 Å². The number of hydrogen-bond acceptors (Lipinski definition) is 5. The monoisotopic (exact) mass is 289 g/mol. The van der Waals surface area contributed by atoms with Gasteiger partial charge in [0, 0.05) is 17.9 Å². The second-order valence-corrected chi connectivity index (χ2v) is 7.90. The molecule has 0 aromatic carbocycles. The van der Waals surface area contributed by atoms with E-state index in [9.17, 15) is 8.42 Å². The van der Waals surface area contributed by atoms with Crippen LogP contribution in [-0.2, 0) is 15.6 Å². The van der Waals surface area contributed by atoms with Gasteiger partial charge in [-0.25, -0.2) is 13.4 Å². The summed E-state index contributed by atoms with van der Waals surface area (Å²) in [6, 6.07) is 0. The number of aliphatic hydroxyl groups excluding tert-OH is 1. The first-order chi connectivity index (χ1) is 8.61. The van der Waals surface area contributed by atoms with Gasteiger partial charge in [-0.3, -0.25) is 0 Å². The molecule has 1 N–H and O–H groups in total. The van der Waals surface area contributed by atoms with Crippen molar-refractivity contribution in [1.82, 2.24) is 4.98 Å². The molecule has 0 atom stereocenters. The van der Waals surface area contributed by atoms with Crippen molar-refractivity contribution >= 4 is 21.2 Å². The minimum atomic E-state index is -3.04. The van der Waals surface area contributed by atoms with Gasteiger partial charge in [-0.2, -0.15) is 0 Å². The van der Waals surface area contributed by atoms with Crippen LogP contribution in [0.5, 0.6) is 0 Å². The summed E-state index contributed by atoms with van der Waals surface area (Å²) in [5, 5.41) is 11.6. The average molecular weight is 289 g/mol. The predicted molar refractivity (Wildman–Crippen MR) is 72.5 cm³/mol. The van der Waals surface area contributed by atoms with E-state index in [4.69, 9.17) is 5.11 Å². The van der Waals surface area contributed by atoms with E-state index in [-0.39, 0.29) is 18.1 Å². The van der Waals surface area contributed by atoms with Gasteiger partial charge in [0.2, 0.25) is 0 Å². The number of aromatic nitrogens is 1. The third-order valence-corrected chi connectivity index (χ3v) is 5.68. The topological polar surface area (TPSA) is 67.3 Å². The Morgan fingerprint density at radius 3 is 2.78 bits per heavy atom. The van der Waals surface area contributed by atoms with Crippen LogP contribution >= 0.6 is 11.3 Å². The fourth-order valence-corrected chi connectivity index (χ4v) is 4.30. The second-order valence-electron chi connectivity index (χ2n) is 4.83. The molecular weight excluding hydrogens is 270 g/mol. The molecule has 0 spiro atoms. The molecule has 102 valence electrons. The number of hydrogen-bond donors (Lipinski definition) is 1. The molecule has 1 fully saturated rings. The summed E-state index contributed by atoms with van der Waals surface area (Å²) < 4.78 is 23.7. The molecule has 1 aliphatic rings. The Labute approximate surface area is 112 Å². The largest absolute Gasteiger partial charge is 0.396 e. The first kappa shape index (κ1) is 14.0. The van der Waals surface area contributed by atoms with Gasteiger partial charge in [0.15, 0.2) is 9.84 Å². The summed E-state index contributed by atoms with van der Waals surface area (Å²) in [7, 11) is -3.04. The molecule has 0 radical (unpaired) electrons. The molecule has 1 heterocycles. The zero-order valence-corrected chi connectivity index (χ0v) is 12.0. The lowest BCUT2D eigenvalue weighted by atomic mass is 10.3. The highest BCUT2D eigenvalue weighted by Gasteiger charge is 2.27. The molecule has 2 rings (SSSR count). The summed E-state index contributed by atoms with van der Waals surface area (Å²) >= 11 is 1.58. The smallest absolute Gasteiger partial charge is 0.156 e. The Hall–Kier alpha value is -0.460. The van der Waals surface area contributed by atoms with Crippen LogP contribution in [0, 0.1) is 0 Å². The van der Waals surface area contributed by atoms with Crippen molar-refractivity contribution in [3.8, 4) is 0 Å². The van der Waals surface area contributed by atoms with Crippen LogP contribution in [0.1, 0.15) is 48.7 Å². The van der Waals surface area contributed by atoms with E-state index in [0.717, 1.165) is 11.4 Å². The molecule has 1 aliphatic carbocycles. The highest BCUT2D eigenvalue weighted by Crippen LogP contribution is 2.41. The van der Waals surface area contributed by atoms with Crippen molar-refractivity contribution < 1.29 is 13.5 Å². The number of rotatable bonds is 8. The first-order valence-electron chi connectivity index (χ1n) is 6.36. The van der Waals surface area contributed by atoms with Crippen LogP contribution in [0.4, 0.5) is 0 Å². The normalized spacial score (nSPS) is 16.1.